The van der Waals surface area contributed by atoms with Crippen LogP contribution in [0.15, 0.2) is 33.6 Å². The third-order valence-electron chi connectivity index (χ3n) is 3.74. The van der Waals surface area contributed by atoms with Crippen molar-refractivity contribution in [3.63, 3.8) is 0 Å². The second-order valence-electron chi connectivity index (χ2n) is 5.65. The smallest absolute Gasteiger partial charge is 0.263 e. The minimum atomic E-state index is 0.397. The quantitative estimate of drug-likeness (QED) is 0.554. The predicted octanol–water partition coefficient (Wildman–Crippen LogP) is 2.32. The lowest BCUT2D eigenvalue weighted by atomic mass is 10.2. The Morgan fingerprint density at radius 2 is 1.80 bits per heavy atom. The zero-order valence-corrected chi connectivity index (χ0v) is 14.0. The van der Waals surface area contributed by atoms with E-state index in [0.29, 0.717) is 35.6 Å². The molecule has 0 saturated heterocycles. The summed E-state index contributed by atoms with van der Waals surface area (Å²) < 4.78 is 10.6. The van der Waals surface area contributed by atoms with Gasteiger partial charge in [0.1, 0.15) is 17.0 Å². The Hall–Kier alpha value is -3.36. The van der Waals surface area contributed by atoms with E-state index in [4.69, 9.17) is 9.05 Å². The van der Waals surface area contributed by atoms with E-state index in [-0.39, 0.29) is 0 Å². The molecule has 0 amide bonds. The van der Waals surface area contributed by atoms with Gasteiger partial charge in [0.25, 0.3) is 5.71 Å². The molecule has 0 fully saturated rings. The molecule has 0 aliphatic carbocycles. The zero-order chi connectivity index (χ0) is 17.4. The average Bonchev–Trinajstić information content (AvgIpc) is 3.22. The minimum absolute atomic E-state index is 0.397. The number of hydrogen-bond donors (Lipinski definition) is 0. The van der Waals surface area contributed by atoms with Crippen LogP contribution in [0.2, 0.25) is 0 Å². The summed E-state index contributed by atoms with van der Waals surface area (Å²) >= 11 is 0. The van der Waals surface area contributed by atoms with Crippen molar-refractivity contribution in [3.8, 4) is 11.4 Å². The number of nitrogens with zero attached hydrogens (tertiary/aromatic N) is 7. The molecule has 0 N–H and O–H groups in total. The molecule has 0 unspecified atom stereocenters. The van der Waals surface area contributed by atoms with Crippen LogP contribution in [0.3, 0.4) is 0 Å². The Bertz CT molecular complexity index is 1030. The highest BCUT2D eigenvalue weighted by atomic mass is 16.5. The summed E-state index contributed by atoms with van der Waals surface area (Å²) in [6, 6.07) is 3.66. The first kappa shape index (κ1) is 15.2. The molecule has 9 heteroatoms. The van der Waals surface area contributed by atoms with Crippen LogP contribution < -0.4 is 4.90 Å². The molecule has 4 aromatic heterocycles. The van der Waals surface area contributed by atoms with Crippen LogP contribution in [-0.2, 0) is 6.54 Å². The monoisotopic (exact) mass is 337 g/mol. The largest absolute Gasteiger partial charge is 0.350 e. The van der Waals surface area contributed by atoms with E-state index in [1.54, 1.807) is 12.4 Å². The van der Waals surface area contributed by atoms with Gasteiger partial charge in [-0.1, -0.05) is 10.3 Å². The molecule has 0 bridgehead atoms. The Morgan fingerprint density at radius 1 is 1.00 bits per heavy atom. The molecule has 4 heterocycles. The van der Waals surface area contributed by atoms with Crippen molar-refractivity contribution in [2.24, 2.45) is 0 Å². The molecule has 4 aromatic rings. The van der Waals surface area contributed by atoms with Crippen LogP contribution >= 0.6 is 0 Å². The summed E-state index contributed by atoms with van der Waals surface area (Å²) in [6.45, 7) is 4.06. The van der Waals surface area contributed by atoms with Crippen molar-refractivity contribution in [1.29, 1.82) is 0 Å². The number of rotatable bonds is 4. The van der Waals surface area contributed by atoms with Gasteiger partial charge in [-0.05, 0) is 26.0 Å². The van der Waals surface area contributed by atoms with Gasteiger partial charge in [0.2, 0.25) is 11.7 Å². The van der Waals surface area contributed by atoms with Crippen molar-refractivity contribution in [3.05, 3.63) is 41.9 Å². The molecule has 4 rings (SSSR count). The number of hydrogen-bond acceptors (Lipinski definition) is 9. The SMILES string of the molecule is Cc1nc(N(C)Cc2nc(-c3ccncc3)no2)c2c(C)noc2n1. The van der Waals surface area contributed by atoms with Gasteiger partial charge in [-0.15, -0.1) is 0 Å². The minimum Gasteiger partial charge on any atom is -0.350 e. The molecule has 0 saturated carbocycles. The molecule has 126 valence electrons. The molecular weight excluding hydrogens is 322 g/mol. The maximum Gasteiger partial charge on any atom is 0.263 e. The zero-order valence-electron chi connectivity index (χ0n) is 14.0. The first-order valence-corrected chi connectivity index (χ1v) is 7.66. The highest BCUT2D eigenvalue weighted by molar-refractivity contribution is 5.87. The Morgan fingerprint density at radius 3 is 2.60 bits per heavy atom. The number of aromatic nitrogens is 6. The maximum absolute atomic E-state index is 5.36. The number of aryl methyl sites for hydroxylation is 2. The summed E-state index contributed by atoms with van der Waals surface area (Å²) in [5.41, 5.74) is 2.05. The summed E-state index contributed by atoms with van der Waals surface area (Å²) in [7, 11) is 1.89. The van der Waals surface area contributed by atoms with Crippen LogP contribution in [0.5, 0.6) is 0 Å². The Balaban J connectivity index is 1.64. The molecular formula is C16H15N7O2. The van der Waals surface area contributed by atoms with Gasteiger partial charge in [-0.3, -0.25) is 4.98 Å². The van der Waals surface area contributed by atoms with Crippen LogP contribution in [-0.4, -0.2) is 37.3 Å². The number of fused-ring (bicyclic) bond motifs is 1. The van der Waals surface area contributed by atoms with E-state index in [1.807, 2.05) is 37.9 Å². The lowest BCUT2D eigenvalue weighted by Gasteiger charge is -2.16. The van der Waals surface area contributed by atoms with Gasteiger partial charge in [-0.2, -0.15) is 9.97 Å². The lowest BCUT2D eigenvalue weighted by molar-refractivity contribution is 0.378. The number of pyridine rings is 1. The van der Waals surface area contributed by atoms with Gasteiger partial charge in [0.15, 0.2) is 0 Å². The maximum atomic E-state index is 5.36. The van der Waals surface area contributed by atoms with E-state index in [2.05, 4.69) is 30.2 Å². The third-order valence-corrected chi connectivity index (χ3v) is 3.74. The highest BCUT2D eigenvalue weighted by Crippen LogP contribution is 2.27. The number of anilines is 1. The van der Waals surface area contributed by atoms with E-state index in [9.17, 15) is 0 Å². The van der Waals surface area contributed by atoms with Crippen molar-refractivity contribution in [2.75, 3.05) is 11.9 Å². The lowest BCUT2D eigenvalue weighted by Crippen LogP contribution is -2.19. The summed E-state index contributed by atoms with van der Waals surface area (Å²) in [5, 5.41) is 8.77. The van der Waals surface area contributed by atoms with Crippen LogP contribution in [0.4, 0.5) is 5.82 Å². The van der Waals surface area contributed by atoms with E-state index in [0.717, 1.165) is 16.6 Å². The first-order valence-electron chi connectivity index (χ1n) is 7.66. The fourth-order valence-corrected chi connectivity index (χ4v) is 2.56. The van der Waals surface area contributed by atoms with Gasteiger partial charge in [0.05, 0.1) is 12.2 Å². The summed E-state index contributed by atoms with van der Waals surface area (Å²) in [5.74, 6) is 2.32. The molecule has 0 aliphatic heterocycles. The topological polar surface area (TPSA) is 107 Å². The van der Waals surface area contributed by atoms with Crippen molar-refractivity contribution >= 4 is 16.9 Å². The fraction of sp³-hybridized carbons (Fsp3) is 0.250. The van der Waals surface area contributed by atoms with Crippen LogP contribution in [0.1, 0.15) is 17.4 Å². The second-order valence-corrected chi connectivity index (χ2v) is 5.65. The molecule has 0 spiro atoms. The van der Waals surface area contributed by atoms with E-state index in [1.165, 1.54) is 0 Å². The summed E-state index contributed by atoms with van der Waals surface area (Å²) in [6.07, 6.45) is 3.37. The second kappa shape index (κ2) is 5.93. The molecule has 0 atom stereocenters. The average molecular weight is 337 g/mol. The first-order chi connectivity index (χ1) is 12.1. The van der Waals surface area contributed by atoms with E-state index >= 15 is 0 Å². The van der Waals surface area contributed by atoms with Gasteiger partial charge < -0.3 is 13.9 Å². The van der Waals surface area contributed by atoms with Gasteiger partial charge in [0, 0.05) is 25.0 Å². The molecule has 25 heavy (non-hydrogen) atoms. The molecule has 9 nitrogen and oxygen atoms in total. The van der Waals surface area contributed by atoms with Crippen LogP contribution in [0.25, 0.3) is 22.5 Å². The van der Waals surface area contributed by atoms with Crippen molar-refractivity contribution < 1.29 is 9.05 Å². The van der Waals surface area contributed by atoms with E-state index < -0.39 is 0 Å². The van der Waals surface area contributed by atoms with Crippen molar-refractivity contribution in [2.45, 2.75) is 20.4 Å². The Labute approximate surface area is 142 Å². The normalized spacial score (nSPS) is 11.2. The standard InChI is InChI=1S/C16H15N7O2/c1-9-13-15(18-10(2)19-16(13)25-21-9)23(3)8-12-20-14(22-24-12)11-4-6-17-7-5-11/h4-7H,8H2,1-3H3. The highest BCUT2D eigenvalue weighted by Gasteiger charge is 2.19. The van der Waals surface area contributed by atoms with Crippen molar-refractivity contribution in [1.82, 2.24) is 30.2 Å². The van der Waals surface area contributed by atoms with Crippen LogP contribution in [0, 0.1) is 13.8 Å². The summed E-state index contributed by atoms with van der Waals surface area (Å²) in [4.78, 5) is 19.1. The molecule has 0 aliphatic rings. The third kappa shape index (κ3) is 2.80. The molecule has 0 aromatic carbocycles. The predicted molar refractivity (Wildman–Crippen MR) is 88.7 cm³/mol. The Kier molecular flexibility index (Phi) is 3.60. The fourth-order valence-electron chi connectivity index (χ4n) is 2.56. The van der Waals surface area contributed by atoms with Gasteiger partial charge >= 0.3 is 0 Å². The van der Waals surface area contributed by atoms with Gasteiger partial charge in [-0.25, -0.2) is 4.98 Å². The molecule has 0 radical (unpaired) electrons.